The molecule has 0 aliphatic rings. The van der Waals surface area contributed by atoms with Crippen molar-refractivity contribution >= 4 is 11.8 Å². The normalized spacial score (nSPS) is 11.4. The first-order chi connectivity index (χ1) is 9.65. The molecule has 6 nitrogen and oxygen atoms in total. The van der Waals surface area contributed by atoms with Crippen LogP contribution in [0.15, 0.2) is 17.4 Å². The second-order valence-corrected chi connectivity index (χ2v) is 5.87. The average molecular weight is 294 g/mol. The smallest absolute Gasteiger partial charge is 0.191 e. The van der Waals surface area contributed by atoms with Crippen molar-refractivity contribution in [2.75, 3.05) is 0 Å². The number of thioether (sulfide) groups is 1. The molecule has 2 rings (SSSR count). The Bertz CT molecular complexity index is 545. The van der Waals surface area contributed by atoms with Crippen LogP contribution >= 0.6 is 11.8 Å². The van der Waals surface area contributed by atoms with Crippen LogP contribution in [0.3, 0.4) is 0 Å². The highest BCUT2D eigenvalue weighted by Crippen LogP contribution is 2.21. The van der Waals surface area contributed by atoms with Crippen molar-refractivity contribution < 1.29 is 0 Å². The van der Waals surface area contributed by atoms with E-state index in [1.165, 1.54) is 0 Å². The molecule has 0 fully saturated rings. The quantitative estimate of drug-likeness (QED) is 0.793. The summed E-state index contributed by atoms with van der Waals surface area (Å²) >= 11 is 1.66. The van der Waals surface area contributed by atoms with Gasteiger partial charge in [0, 0.05) is 24.5 Å². The standard InChI is InChI=1S/C13H22N6S/c1-4-6-18-12(8-14)15-16-13(18)20-9-11-5-7-19(17-11)10(2)3/h5,7,10H,4,6,8-9,14H2,1-3H3. The van der Waals surface area contributed by atoms with E-state index >= 15 is 0 Å². The fourth-order valence-electron chi connectivity index (χ4n) is 1.91. The molecule has 0 unspecified atom stereocenters. The third-order valence-corrected chi connectivity index (χ3v) is 3.97. The van der Waals surface area contributed by atoms with E-state index in [0.29, 0.717) is 12.6 Å². The zero-order chi connectivity index (χ0) is 14.5. The molecule has 0 saturated heterocycles. The monoisotopic (exact) mass is 294 g/mol. The molecule has 2 heterocycles. The summed E-state index contributed by atoms with van der Waals surface area (Å²) in [5.41, 5.74) is 6.75. The number of hydrogen-bond donors (Lipinski definition) is 1. The van der Waals surface area contributed by atoms with Gasteiger partial charge in [0.15, 0.2) is 5.16 Å². The summed E-state index contributed by atoms with van der Waals surface area (Å²) < 4.78 is 4.07. The lowest BCUT2D eigenvalue weighted by atomic mass is 10.4. The van der Waals surface area contributed by atoms with Crippen molar-refractivity contribution in [2.45, 2.75) is 57.2 Å². The minimum absolute atomic E-state index is 0.390. The molecular weight excluding hydrogens is 272 g/mol. The number of aromatic nitrogens is 5. The Kier molecular flexibility index (Phi) is 5.19. The lowest BCUT2D eigenvalue weighted by molar-refractivity contribution is 0.528. The number of nitrogens with two attached hydrogens (primary N) is 1. The van der Waals surface area contributed by atoms with Crippen molar-refractivity contribution in [1.29, 1.82) is 0 Å². The Morgan fingerprint density at radius 2 is 2.15 bits per heavy atom. The van der Waals surface area contributed by atoms with Gasteiger partial charge >= 0.3 is 0 Å². The van der Waals surface area contributed by atoms with Gasteiger partial charge in [-0.05, 0) is 26.3 Å². The summed E-state index contributed by atoms with van der Waals surface area (Å²) in [6, 6.07) is 2.44. The molecule has 0 saturated carbocycles. The molecule has 0 spiro atoms. The lowest BCUT2D eigenvalue weighted by Crippen LogP contribution is -2.09. The van der Waals surface area contributed by atoms with Gasteiger partial charge < -0.3 is 10.3 Å². The van der Waals surface area contributed by atoms with Crippen LogP contribution in [0.1, 0.15) is 44.8 Å². The fourth-order valence-corrected chi connectivity index (χ4v) is 2.79. The van der Waals surface area contributed by atoms with Crippen LogP contribution in [0, 0.1) is 0 Å². The van der Waals surface area contributed by atoms with Crippen molar-refractivity contribution in [3.8, 4) is 0 Å². The summed E-state index contributed by atoms with van der Waals surface area (Å²) in [7, 11) is 0. The SMILES string of the molecule is CCCn1c(CN)nnc1SCc1ccn(C(C)C)n1. The van der Waals surface area contributed by atoms with E-state index in [-0.39, 0.29) is 0 Å². The molecule has 7 heteroatoms. The zero-order valence-electron chi connectivity index (χ0n) is 12.3. The van der Waals surface area contributed by atoms with E-state index in [2.05, 4.69) is 46.7 Å². The first-order valence-corrected chi connectivity index (χ1v) is 7.93. The first-order valence-electron chi connectivity index (χ1n) is 6.94. The molecule has 0 aliphatic heterocycles. The van der Waals surface area contributed by atoms with Crippen molar-refractivity contribution in [2.24, 2.45) is 5.73 Å². The predicted molar refractivity (Wildman–Crippen MR) is 80.4 cm³/mol. The fraction of sp³-hybridized carbons (Fsp3) is 0.615. The van der Waals surface area contributed by atoms with E-state index in [0.717, 1.165) is 35.4 Å². The molecular formula is C13H22N6S. The maximum atomic E-state index is 5.69. The molecule has 0 bridgehead atoms. The van der Waals surface area contributed by atoms with Gasteiger partial charge in [-0.25, -0.2) is 0 Å². The Balaban J connectivity index is 2.04. The predicted octanol–water partition coefficient (Wildman–Crippen LogP) is 2.22. The van der Waals surface area contributed by atoms with Crippen LogP contribution in [0.5, 0.6) is 0 Å². The molecule has 110 valence electrons. The molecule has 0 atom stereocenters. The Morgan fingerprint density at radius 1 is 1.35 bits per heavy atom. The second-order valence-electron chi connectivity index (χ2n) is 4.92. The highest BCUT2D eigenvalue weighted by atomic mass is 32.2. The summed E-state index contributed by atoms with van der Waals surface area (Å²) in [6.07, 6.45) is 3.06. The van der Waals surface area contributed by atoms with Crippen LogP contribution in [-0.2, 0) is 18.8 Å². The van der Waals surface area contributed by atoms with E-state index in [4.69, 9.17) is 5.73 Å². The number of rotatable bonds is 7. The van der Waals surface area contributed by atoms with E-state index in [1.54, 1.807) is 11.8 Å². The third-order valence-electron chi connectivity index (χ3n) is 2.97. The van der Waals surface area contributed by atoms with E-state index in [1.807, 2.05) is 10.9 Å². The molecule has 0 aliphatic carbocycles. The maximum Gasteiger partial charge on any atom is 0.191 e. The van der Waals surface area contributed by atoms with Crippen LogP contribution in [0.4, 0.5) is 0 Å². The Labute approximate surface area is 123 Å². The maximum absolute atomic E-state index is 5.69. The van der Waals surface area contributed by atoms with Crippen LogP contribution in [-0.4, -0.2) is 24.5 Å². The summed E-state index contributed by atoms with van der Waals surface area (Å²) in [5, 5.41) is 13.8. The number of hydrogen-bond acceptors (Lipinski definition) is 5. The van der Waals surface area contributed by atoms with Crippen LogP contribution in [0.25, 0.3) is 0 Å². The molecule has 0 amide bonds. The summed E-state index contributed by atoms with van der Waals surface area (Å²) in [4.78, 5) is 0. The van der Waals surface area contributed by atoms with Gasteiger partial charge in [-0.2, -0.15) is 5.10 Å². The minimum Gasteiger partial charge on any atom is -0.324 e. The average Bonchev–Trinajstić information content (AvgIpc) is 3.03. The van der Waals surface area contributed by atoms with Crippen LogP contribution < -0.4 is 5.73 Å². The summed E-state index contributed by atoms with van der Waals surface area (Å²) in [5.74, 6) is 1.65. The largest absolute Gasteiger partial charge is 0.324 e. The molecule has 2 N–H and O–H groups in total. The zero-order valence-corrected chi connectivity index (χ0v) is 13.1. The van der Waals surface area contributed by atoms with Gasteiger partial charge in [0.2, 0.25) is 0 Å². The van der Waals surface area contributed by atoms with Crippen molar-refractivity contribution in [3.05, 3.63) is 23.8 Å². The van der Waals surface area contributed by atoms with Crippen molar-refractivity contribution in [1.82, 2.24) is 24.5 Å². The molecule has 2 aromatic rings. The van der Waals surface area contributed by atoms with Gasteiger partial charge in [-0.3, -0.25) is 4.68 Å². The minimum atomic E-state index is 0.390. The molecule has 0 radical (unpaired) electrons. The number of nitrogens with zero attached hydrogens (tertiary/aromatic N) is 5. The van der Waals surface area contributed by atoms with Gasteiger partial charge in [-0.1, -0.05) is 18.7 Å². The first kappa shape index (κ1) is 15.1. The highest BCUT2D eigenvalue weighted by Gasteiger charge is 2.11. The highest BCUT2D eigenvalue weighted by molar-refractivity contribution is 7.98. The van der Waals surface area contributed by atoms with Gasteiger partial charge in [-0.15, -0.1) is 10.2 Å². The van der Waals surface area contributed by atoms with E-state index < -0.39 is 0 Å². The van der Waals surface area contributed by atoms with E-state index in [9.17, 15) is 0 Å². The van der Waals surface area contributed by atoms with Gasteiger partial charge in [0.05, 0.1) is 12.2 Å². The molecule has 2 aromatic heterocycles. The topological polar surface area (TPSA) is 74.6 Å². The van der Waals surface area contributed by atoms with Gasteiger partial charge in [0.1, 0.15) is 5.82 Å². The second kappa shape index (κ2) is 6.90. The van der Waals surface area contributed by atoms with Gasteiger partial charge in [0.25, 0.3) is 0 Å². The molecule has 20 heavy (non-hydrogen) atoms. The summed E-state index contributed by atoms with van der Waals surface area (Å²) in [6.45, 7) is 7.71. The lowest BCUT2D eigenvalue weighted by Gasteiger charge is -2.07. The van der Waals surface area contributed by atoms with Crippen molar-refractivity contribution in [3.63, 3.8) is 0 Å². The Morgan fingerprint density at radius 3 is 2.75 bits per heavy atom. The molecule has 0 aromatic carbocycles. The third kappa shape index (κ3) is 3.40. The van der Waals surface area contributed by atoms with Crippen LogP contribution in [0.2, 0.25) is 0 Å². The Hall–Kier alpha value is -1.34.